The van der Waals surface area contributed by atoms with E-state index >= 15 is 0 Å². The van der Waals surface area contributed by atoms with Gasteiger partial charge in [-0.15, -0.1) is 0 Å². The van der Waals surface area contributed by atoms with Crippen LogP contribution in [0.2, 0.25) is 0 Å². The molecule has 0 aliphatic heterocycles. The van der Waals surface area contributed by atoms with Gasteiger partial charge in [-0.25, -0.2) is 9.37 Å². The zero-order valence-electron chi connectivity index (χ0n) is 15.3. The first-order valence-electron chi connectivity index (χ1n) is 8.75. The maximum atomic E-state index is 13.5. The number of benzene rings is 1. The fourth-order valence-corrected chi connectivity index (χ4v) is 2.51. The summed E-state index contributed by atoms with van der Waals surface area (Å²) in [4.78, 5) is 8.72. The largest absolute Gasteiger partial charge is 0.357 e. The first-order valence-corrected chi connectivity index (χ1v) is 8.75. The zero-order valence-corrected chi connectivity index (χ0v) is 15.3. The normalized spacial score (nSPS) is 12.2. The first-order chi connectivity index (χ1) is 12.0. The molecular weight excluding hydrogens is 317 g/mol. The van der Waals surface area contributed by atoms with E-state index in [9.17, 15) is 4.39 Å². The molecule has 0 unspecified atom stereocenters. The third-order valence-corrected chi connectivity index (χ3v) is 4.03. The highest BCUT2D eigenvalue weighted by Crippen LogP contribution is 2.24. The summed E-state index contributed by atoms with van der Waals surface area (Å²) in [6, 6.07) is 6.75. The summed E-state index contributed by atoms with van der Waals surface area (Å²) in [6.45, 7) is 9.31. The number of hydrogen-bond acceptors (Lipinski definition) is 2. The Kier molecular flexibility index (Phi) is 6.98. The molecule has 1 aromatic heterocycles. The number of aromatic nitrogens is 2. The first kappa shape index (κ1) is 19.0. The van der Waals surface area contributed by atoms with Crippen molar-refractivity contribution in [3.8, 4) is 0 Å². The zero-order chi connectivity index (χ0) is 18.1. The molecule has 2 N–H and O–H groups in total. The Labute approximate surface area is 149 Å². The van der Waals surface area contributed by atoms with Crippen LogP contribution in [0.4, 0.5) is 4.39 Å². The van der Waals surface area contributed by atoms with E-state index in [4.69, 9.17) is 0 Å². The molecule has 0 bridgehead atoms. The van der Waals surface area contributed by atoms with Gasteiger partial charge in [-0.05, 0) is 31.0 Å². The smallest absolute Gasteiger partial charge is 0.191 e. The third-order valence-electron chi connectivity index (χ3n) is 4.03. The van der Waals surface area contributed by atoms with Crippen molar-refractivity contribution in [1.29, 1.82) is 0 Å². The molecule has 5 nitrogen and oxygen atoms in total. The predicted molar refractivity (Wildman–Crippen MR) is 100 cm³/mol. The Morgan fingerprint density at radius 3 is 2.84 bits per heavy atom. The van der Waals surface area contributed by atoms with E-state index in [1.165, 1.54) is 6.07 Å². The fourth-order valence-electron chi connectivity index (χ4n) is 2.51. The van der Waals surface area contributed by atoms with Gasteiger partial charge in [0.05, 0.1) is 12.9 Å². The number of nitrogens with zero attached hydrogens (tertiary/aromatic N) is 3. The minimum absolute atomic E-state index is 0.209. The lowest BCUT2D eigenvalue weighted by atomic mass is 9.85. The van der Waals surface area contributed by atoms with Gasteiger partial charge in [-0.1, -0.05) is 26.0 Å². The Balaban J connectivity index is 1.89. The molecule has 0 radical (unpaired) electrons. The van der Waals surface area contributed by atoms with Gasteiger partial charge in [-0.2, -0.15) is 0 Å². The van der Waals surface area contributed by atoms with E-state index in [1.807, 2.05) is 25.5 Å². The van der Waals surface area contributed by atoms with Crippen LogP contribution in [0.25, 0.3) is 0 Å². The molecule has 0 aliphatic carbocycles. The maximum absolute atomic E-state index is 13.5. The number of nitrogens with one attached hydrogen (secondary N) is 2. The number of guanidine groups is 1. The molecule has 0 saturated carbocycles. The van der Waals surface area contributed by atoms with Crippen molar-refractivity contribution >= 4 is 5.96 Å². The standard InChI is InChI=1S/C19H28FN5/c1-4-22-18(23-9-6-11-25-12-10-21-15-25)24-14-19(2,3)16-7-5-8-17(20)13-16/h5,7-8,10,12-13,15H,4,6,9,11,14H2,1-3H3,(H2,22,23,24). The lowest BCUT2D eigenvalue weighted by Crippen LogP contribution is -2.39. The van der Waals surface area contributed by atoms with E-state index in [1.54, 1.807) is 18.3 Å². The quantitative estimate of drug-likeness (QED) is 0.439. The van der Waals surface area contributed by atoms with Crippen LogP contribution < -0.4 is 10.6 Å². The highest BCUT2D eigenvalue weighted by atomic mass is 19.1. The molecule has 0 aliphatic rings. The van der Waals surface area contributed by atoms with Gasteiger partial charge >= 0.3 is 0 Å². The summed E-state index contributed by atoms with van der Waals surface area (Å²) in [5.74, 6) is 0.580. The number of rotatable bonds is 8. The molecule has 1 heterocycles. The van der Waals surface area contributed by atoms with Crippen LogP contribution in [0.5, 0.6) is 0 Å². The van der Waals surface area contributed by atoms with Crippen molar-refractivity contribution in [3.63, 3.8) is 0 Å². The fraction of sp³-hybridized carbons (Fsp3) is 0.474. The topological polar surface area (TPSA) is 54.2 Å². The highest BCUT2D eigenvalue weighted by Gasteiger charge is 2.21. The minimum Gasteiger partial charge on any atom is -0.357 e. The lowest BCUT2D eigenvalue weighted by Gasteiger charge is -2.24. The maximum Gasteiger partial charge on any atom is 0.191 e. The van der Waals surface area contributed by atoms with Crippen LogP contribution in [0, 0.1) is 5.82 Å². The van der Waals surface area contributed by atoms with Gasteiger partial charge in [-0.3, -0.25) is 4.99 Å². The lowest BCUT2D eigenvalue weighted by molar-refractivity contribution is 0.528. The number of aryl methyl sites for hydroxylation is 1. The average molecular weight is 345 g/mol. The molecule has 6 heteroatoms. The summed E-state index contributed by atoms with van der Waals surface area (Å²) in [6.07, 6.45) is 6.54. The van der Waals surface area contributed by atoms with Gasteiger partial charge in [0, 0.05) is 37.4 Å². The van der Waals surface area contributed by atoms with Crippen LogP contribution in [0.15, 0.2) is 48.0 Å². The molecule has 0 atom stereocenters. The summed E-state index contributed by atoms with van der Waals surface area (Å²) >= 11 is 0. The summed E-state index contributed by atoms with van der Waals surface area (Å²) in [5.41, 5.74) is 0.716. The van der Waals surface area contributed by atoms with Gasteiger partial charge < -0.3 is 15.2 Å². The summed E-state index contributed by atoms with van der Waals surface area (Å²) in [5, 5.41) is 6.61. The third kappa shape index (κ3) is 6.21. The minimum atomic E-state index is -0.235. The van der Waals surface area contributed by atoms with Crippen LogP contribution in [0.1, 0.15) is 32.8 Å². The number of halogens is 1. The van der Waals surface area contributed by atoms with Crippen molar-refractivity contribution in [2.75, 3.05) is 19.6 Å². The second kappa shape index (κ2) is 9.20. The molecule has 0 spiro atoms. The molecule has 0 amide bonds. The molecule has 25 heavy (non-hydrogen) atoms. The van der Waals surface area contributed by atoms with Crippen LogP contribution >= 0.6 is 0 Å². The second-order valence-corrected chi connectivity index (χ2v) is 6.67. The van der Waals surface area contributed by atoms with Crippen molar-refractivity contribution in [2.24, 2.45) is 4.99 Å². The van der Waals surface area contributed by atoms with Crippen molar-refractivity contribution in [2.45, 2.75) is 39.2 Å². The van der Waals surface area contributed by atoms with Crippen molar-refractivity contribution in [1.82, 2.24) is 20.2 Å². The van der Waals surface area contributed by atoms with Gasteiger partial charge in [0.1, 0.15) is 5.82 Å². The number of imidazole rings is 1. The van der Waals surface area contributed by atoms with E-state index in [2.05, 4.69) is 39.0 Å². The monoisotopic (exact) mass is 345 g/mol. The predicted octanol–water partition coefficient (Wildman–Crippen LogP) is 2.95. The number of hydrogen-bond donors (Lipinski definition) is 2. The Hall–Kier alpha value is -2.37. The molecule has 2 aromatic rings. The van der Waals surface area contributed by atoms with E-state index in [0.29, 0.717) is 6.54 Å². The Morgan fingerprint density at radius 2 is 2.16 bits per heavy atom. The van der Waals surface area contributed by atoms with Crippen molar-refractivity contribution in [3.05, 3.63) is 54.4 Å². The molecule has 0 saturated heterocycles. The van der Waals surface area contributed by atoms with Crippen molar-refractivity contribution < 1.29 is 4.39 Å². The van der Waals surface area contributed by atoms with Crippen LogP contribution in [0.3, 0.4) is 0 Å². The second-order valence-electron chi connectivity index (χ2n) is 6.67. The van der Waals surface area contributed by atoms with Crippen LogP contribution in [-0.4, -0.2) is 35.1 Å². The molecule has 1 aromatic carbocycles. The van der Waals surface area contributed by atoms with Gasteiger partial charge in [0.25, 0.3) is 0 Å². The van der Waals surface area contributed by atoms with E-state index in [0.717, 1.165) is 37.6 Å². The SMILES string of the molecule is CCNC(=NCC(C)(C)c1cccc(F)c1)NCCCn1ccnc1. The van der Waals surface area contributed by atoms with E-state index in [-0.39, 0.29) is 11.2 Å². The Bertz CT molecular complexity index is 664. The van der Waals surface area contributed by atoms with Crippen LogP contribution in [-0.2, 0) is 12.0 Å². The summed E-state index contributed by atoms with van der Waals surface area (Å²) in [7, 11) is 0. The summed E-state index contributed by atoms with van der Waals surface area (Å²) < 4.78 is 15.5. The van der Waals surface area contributed by atoms with Gasteiger partial charge in [0.15, 0.2) is 5.96 Å². The molecular formula is C19H28FN5. The molecule has 0 fully saturated rings. The Morgan fingerprint density at radius 1 is 1.32 bits per heavy atom. The molecule has 136 valence electrons. The van der Waals surface area contributed by atoms with E-state index < -0.39 is 0 Å². The molecule has 2 rings (SSSR count). The highest BCUT2D eigenvalue weighted by molar-refractivity contribution is 5.79. The average Bonchev–Trinajstić information content (AvgIpc) is 3.10. The number of aliphatic imine (C=N–C) groups is 1. The van der Waals surface area contributed by atoms with Gasteiger partial charge in [0.2, 0.25) is 0 Å².